The summed E-state index contributed by atoms with van der Waals surface area (Å²) in [6.07, 6.45) is 8.96. The van der Waals surface area contributed by atoms with E-state index in [0.29, 0.717) is 11.3 Å². The van der Waals surface area contributed by atoms with Gasteiger partial charge in [0.15, 0.2) is 4.77 Å². The number of aromatic nitrogens is 2. The Bertz CT molecular complexity index is 461. The fourth-order valence-corrected chi connectivity index (χ4v) is 4.03. The van der Waals surface area contributed by atoms with Gasteiger partial charge in [-0.05, 0) is 48.7 Å². The molecule has 1 N–H and O–H groups in total. The van der Waals surface area contributed by atoms with Crippen LogP contribution in [0.15, 0.2) is 6.20 Å². The first-order valence-electron chi connectivity index (χ1n) is 7.72. The highest BCUT2D eigenvalue weighted by atomic mass is 32.1. The SMILES string of the molecule is CC(C)CC1(Cn2c(C(C)C)c[nH]c2=S)CCCC1. The molecule has 0 spiro atoms. The Morgan fingerprint density at radius 1 is 1.26 bits per heavy atom. The van der Waals surface area contributed by atoms with Crippen LogP contribution in [0.2, 0.25) is 0 Å². The van der Waals surface area contributed by atoms with Crippen LogP contribution in [0.25, 0.3) is 0 Å². The summed E-state index contributed by atoms with van der Waals surface area (Å²) in [7, 11) is 0. The van der Waals surface area contributed by atoms with Crippen molar-refractivity contribution in [3.63, 3.8) is 0 Å². The van der Waals surface area contributed by atoms with E-state index in [0.717, 1.165) is 17.2 Å². The molecule has 0 saturated heterocycles. The van der Waals surface area contributed by atoms with E-state index >= 15 is 0 Å². The van der Waals surface area contributed by atoms with Gasteiger partial charge in [-0.3, -0.25) is 0 Å². The normalized spacial score (nSPS) is 18.6. The van der Waals surface area contributed by atoms with Crippen LogP contribution in [0.5, 0.6) is 0 Å². The van der Waals surface area contributed by atoms with E-state index in [4.69, 9.17) is 12.2 Å². The van der Waals surface area contributed by atoms with Gasteiger partial charge in [-0.1, -0.05) is 40.5 Å². The van der Waals surface area contributed by atoms with Crippen molar-refractivity contribution in [2.75, 3.05) is 0 Å². The molecule has 0 aromatic carbocycles. The molecule has 2 rings (SSSR count). The highest BCUT2D eigenvalue weighted by Gasteiger charge is 2.35. The van der Waals surface area contributed by atoms with Crippen molar-refractivity contribution in [1.29, 1.82) is 0 Å². The van der Waals surface area contributed by atoms with Crippen molar-refractivity contribution in [3.8, 4) is 0 Å². The van der Waals surface area contributed by atoms with Gasteiger partial charge in [0.1, 0.15) is 0 Å². The summed E-state index contributed by atoms with van der Waals surface area (Å²) in [5.74, 6) is 1.30. The van der Waals surface area contributed by atoms with Crippen LogP contribution in [-0.4, -0.2) is 9.55 Å². The Morgan fingerprint density at radius 3 is 2.42 bits per heavy atom. The lowest BCUT2D eigenvalue weighted by atomic mass is 9.78. The van der Waals surface area contributed by atoms with Crippen molar-refractivity contribution < 1.29 is 0 Å². The zero-order valence-electron chi connectivity index (χ0n) is 12.8. The molecule has 1 aromatic rings. The van der Waals surface area contributed by atoms with E-state index in [9.17, 15) is 0 Å². The van der Waals surface area contributed by atoms with E-state index < -0.39 is 0 Å². The molecule has 2 nitrogen and oxygen atoms in total. The fourth-order valence-electron chi connectivity index (χ4n) is 3.80. The minimum Gasteiger partial charge on any atom is -0.337 e. The van der Waals surface area contributed by atoms with Gasteiger partial charge >= 0.3 is 0 Å². The first-order valence-corrected chi connectivity index (χ1v) is 8.12. The summed E-state index contributed by atoms with van der Waals surface area (Å²) in [5.41, 5.74) is 1.85. The fraction of sp³-hybridized carbons (Fsp3) is 0.812. The molecular formula is C16H28N2S. The third kappa shape index (κ3) is 3.31. The zero-order chi connectivity index (χ0) is 14.0. The molecule has 108 valence electrons. The van der Waals surface area contributed by atoms with E-state index in [2.05, 4.69) is 43.4 Å². The molecule has 0 bridgehead atoms. The number of hydrogen-bond donors (Lipinski definition) is 1. The predicted octanol–water partition coefficient (Wildman–Crippen LogP) is 5.28. The number of hydrogen-bond acceptors (Lipinski definition) is 1. The average molecular weight is 280 g/mol. The monoisotopic (exact) mass is 280 g/mol. The van der Waals surface area contributed by atoms with Crippen LogP contribution in [0.1, 0.15) is 71.4 Å². The van der Waals surface area contributed by atoms with Crippen LogP contribution >= 0.6 is 12.2 Å². The Morgan fingerprint density at radius 2 is 1.89 bits per heavy atom. The molecule has 1 heterocycles. The molecule has 0 aliphatic heterocycles. The molecule has 0 radical (unpaired) electrons. The summed E-state index contributed by atoms with van der Waals surface area (Å²) >= 11 is 5.50. The van der Waals surface area contributed by atoms with Gasteiger partial charge in [-0.2, -0.15) is 0 Å². The molecule has 1 fully saturated rings. The number of rotatable bonds is 5. The van der Waals surface area contributed by atoms with E-state index in [1.54, 1.807) is 0 Å². The summed E-state index contributed by atoms with van der Waals surface area (Å²) < 4.78 is 3.27. The second-order valence-corrected chi connectivity index (χ2v) is 7.45. The molecule has 1 saturated carbocycles. The standard InChI is InChI=1S/C16H28N2S/c1-12(2)9-16(7-5-6-8-16)11-18-14(13(3)4)10-17-15(18)19/h10,12-13H,5-9,11H2,1-4H3,(H,17,19). The number of aromatic amines is 1. The molecule has 19 heavy (non-hydrogen) atoms. The minimum absolute atomic E-state index is 0.484. The van der Waals surface area contributed by atoms with E-state index in [-0.39, 0.29) is 0 Å². The molecule has 0 amide bonds. The van der Waals surface area contributed by atoms with Crippen LogP contribution in [0.3, 0.4) is 0 Å². The Kier molecular flexibility index (Phi) is 4.54. The maximum atomic E-state index is 5.50. The first-order chi connectivity index (χ1) is 8.93. The van der Waals surface area contributed by atoms with Crippen molar-refractivity contribution in [2.45, 2.75) is 72.3 Å². The van der Waals surface area contributed by atoms with Gasteiger partial charge in [0.05, 0.1) is 0 Å². The predicted molar refractivity (Wildman–Crippen MR) is 84.1 cm³/mol. The molecule has 0 atom stereocenters. The number of imidazole rings is 1. The highest BCUT2D eigenvalue weighted by Crippen LogP contribution is 2.45. The van der Waals surface area contributed by atoms with E-state index in [1.807, 2.05) is 0 Å². The number of H-pyrrole nitrogens is 1. The van der Waals surface area contributed by atoms with Crippen molar-refractivity contribution in [2.24, 2.45) is 11.3 Å². The molecule has 1 aromatic heterocycles. The summed E-state index contributed by atoms with van der Waals surface area (Å²) in [4.78, 5) is 3.24. The second-order valence-electron chi connectivity index (χ2n) is 7.06. The lowest BCUT2D eigenvalue weighted by molar-refractivity contribution is 0.194. The van der Waals surface area contributed by atoms with Gasteiger partial charge in [0, 0.05) is 18.4 Å². The molecule has 1 aliphatic carbocycles. The van der Waals surface area contributed by atoms with Crippen molar-refractivity contribution >= 4 is 12.2 Å². The van der Waals surface area contributed by atoms with Gasteiger partial charge in [0.2, 0.25) is 0 Å². The van der Waals surface area contributed by atoms with Crippen LogP contribution < -0.4 is 0 Å². The van der Waals surface area contributed by atoms with Gasteiger partial charge in [0.25, 0.3) is 0 Å². The maximum absolute atomic E-state index is 5.50. The lowest BCUT2D eigenvalue weighted by Crippen LogP contribution is -2.26. The Labute approximate surface area is 122 Å². The van der Waals surface area contributed by atoms with Crippen LogP contribution in [-0.2, 0) is 6.54 Å². The largest absolute Gasteiger partial charge is 0.337 e. The minimum atomic E-state index is 0.484. The molecule has 0 unspecified atom stereocenters. The molecule has 1 aliphatic rings. The van der Waals surface area contributed by atoms with Crippen LogP contribution in [0.4, 0.5) is 0 Å². The zero-order valence-corrected chi connectivity index (χ0v) is 13.6. The third-order valence-corrected chi connectivity index (χ3v) is 4.83. The topological polar surface area (TPSA) is 20.7 Å². The van der Waals surface area contributed by atoms with Gasteiger partial charge < -0.3 is 9.55 Å². The first kappa shape index (κ1) is 14.8. The van der Waals surface area contributed by atoms with Crippen LogP contribution in [0, 0.1) is 16.1 Å². The van der Waals surface area contributed by atoms with Crippen molar-refractivity contribution in [3.05, 3.63) is 16.7 Å². The quantitative estimate of drug-likeness (QED) is 0.728. The smallest absolute Gasteiger partial charge is 0.177 e. The average Bonchev–Trinajstić information content (AvgIpc) is 2.87. The second kappa shape index (κ2) is 5.82. The third-order valence-electron chi connectivity index (χ3n) is 4.49. The summed E-state index contributed by atoms with van der Waals surface area (Å²) in [6, 6.07) is 0. The number of nitrogens with one attached hydrogen (secondary N) is 1. The molecular weight excluding hydrogens is 252 g/mol. The maximum Gasteiger partial charge on any atom is 0.177 e. The van der Waals surface area contributed by atoms with E-state index in [1.165, 1.54) is 37.8 Å². The van der Waals surface area contributed by atoms with Crippen molar-refractivity contribution in [1.82, 2.24) is 9.55 Å². The highest BCUT2D eigenvalue weighted by molar-refractivity contribution is 7.71. The van der Waals surface area contributed by atoms with Gasteiger partial charge in [-0.15, -0.1) is 0 Å². The molecule has 3 heteroatoms. The lowest BCUT2D eigenvalue weighted by Gasteiger charge is -2.32. The summed E-state index contributed by atoms with van der Waals surface area (Å²) in [5, 5.41) is 0. The Hall–Kier alpha value is -0.570. The number of nitrogens with zero attached hydrogens (tertiary/aromatic N) is 1. The summed E-state index contributed by atoms with van der Waals surface area (Å²) in [6.45, 7) is 10.3. The Balaban J connectivity index is 2.27. The van der Waals surface area contributed by atoms with Gasteiger partial charge in [-0.25, -0.2) is 0 Å².